The smallest absolute Gasteiger partial charge is 0.267 e. The maximum atomic E-state index is 14.3. The molecule has 0 unspecified atom stereocenters. The molecule has 0 bridgehead atoms. The fourth-order valence-electron chi connectivity index (χ4n) is 5.66. The Labute approximate surface area is 302 Å². The Bertz CT molecular complexity index is 2400. The number of sulfonamides is 1. The lowest BCUT2D eigenvalue weighted by Gasteiger charge is -2.28. The molecular formula is C39H29FN4O6S2. The third kappa shape index (κ3) is 6.62. The molecule has 2 heterocycles. The molecule has 0 saturated heterocycles. The lowest BCUT2D eigenvalue weighted by Crippen LogP contribution is -2.42. The minimum atomic E-state index is -4.29. The molecule has 6 aromatic rings. The minimum Gasteiger partial charge on any atom is -0.497 e. The van der Waals surface area contributed by atoms with Crippen molar-refractivity contribution in [3.63, 3.8) is 0 Å². The van der Waals surface area contributed by atoms with Gasteiger partial charge in [-0.1, -0.05) is 47.7 Å². The number of nitrogens with one attached hydrogen (secondary N) is 2. The number of halogens is 1. The summed E-state index contributed by atoms with van der Waals surface area (Å²) in [6, 6.07) is 32.5. The third-order valence-corrected chi connectivity index (χ3v) is 10.7. The molecule has 0 atom stereocenters. The van der Waals surface area contributed by atoms with Crippen molar-refractivity contribution in [2.75, 3.05) is 29.2 Å². The van der Waals surface area contributed by atoms with E-state index in [2.05, 4.69) is 10.0 Å². The van der Waals surface area contributed by atoms with Crippen LogP contribution in [0.4, 0.5) is 20.9 Å². The van der Waals surface area contributed by atoms with Gasteiger partial charge in [-0.2, -0.15) is 0 Å². The van der Waals surface area contributed by atoms with E-state index in [1.807, 2.05) is 48.5 Å². The van der Waals surface area contributed by atoms with Crippen LogP contribution in [0.5, 0.6) is 11.5 Å². The van der Waals surface area contributed by atoms with Crippen LogP contribution in [0.3, 0.4) is 0 Å². The van der Waals surface area contributed by atoms with Gasteiger partial charge in [-0.3, -0.25) is 14.3 Å². The summed E-state index contributed by atoms with van der Waals surface area (Å²) in [7, 11) is -1.10. The molecule has 2 N–H and O–H groups in total. The Morgan fingerprint density at radius 3 is 2.06 bits per heavy atom. The first-order valence-corrected chi connectivity index (χ1v) is 18.1. The van der Waals surface area contributed by atoms with Gasteiger partial charge in [0.2, 0.25) is 0 Å². The second kappa shape index (κ2) is 14.1. The molecule has 0 aliphatic carbocycles. The van der Waals surface area contributed by atoms with Gasteiger partial charge in [-0.15, -0.1) is 0 Å². The number of ether oxygens (including phenoxy) is 2. The van der Waals surface area contributed by atoms with Crippen LogP contribution in [0.1, 0.15) is 15.9 Å². The lowest BCUT2D eigenvalue weighted by molar-refractivity contribution is -0.112. The third-order valence-electron chi connectivity index (χ3n) is 8.27. The maximum absolute atomic E-state index is 14.3. The number of fused-ring (bicyclic) bond motifs is 1. The number of benzene rings is 5. The lowest BCUT2D eigenvalue weighted by atomic mass is 9.93. The summed E-state index contributed by atoms with van der Waals surface area (Å²) < 4.78 is 53.7. The fraction of sp³-hybridized carbons (Fsp3) is 0.0513. The average Bonchev–Trinajstić information content (AvgIpc) is 3.60. The van der Waals surface area contributed by atoms with Crippen molar-refractivity contribution in [2.24, 2.45) is 0 Å². The summed E-state index contributed by atoms with van der Waals surface area (Å²) in [5, 5.41) is 3.66. The van der Waals surface area contributed by atoms with Crippen molar-refractivity contribution in [3.05, 3.63) is 144 Å². The number of anilines is 3. The van der Waals surface area contributed by atoms with Crippen LogP contribution in [0.25, 0.3) is 27.3 Å². The zero-order valence-corrected chi connectivity index (χ0v) is 29.3. The van der Waals surface area contributed by atoms with Crippen molar-refractivity contribution in [1.29, 1.82) is 0 Å². The van der Waals surface area contributed by atoms with E-state index >= 15 is 0 Å². The summed E-state index contributed by atoms with van der Waals surface area (Å²) >= 11 is 1.37. The summed E-state index contributed by atoms with van der Waals surface area (Å²) in [6.07, 6.45) is 1.50. The molecule has 0 spiro atoms. The molecule has 1 aliphatic heterocycles. The zero-order valence-electron chi connectivity index (χ0n) is 27.7. The standard InChI is InChI=1S/C39H29FN4O6S2/c1-49-27-18-14-24(15-19-27)35-36(25-16-20-28(50-2)21-17-25)51-39(42-35)41-23-32-30-10-3-4-11-31(30)37(45)44(38(32)46)26-8-7-9-29(22-26)52(47,48)43-34-13-6-5-12-33(34)40/h3-23,43H,1-2H3,(H,41,42)/b32-23+. The molecule has 1 aromatic heterocycles. The van der Waals surface area contributed by atoms with Gasteiger partial charge in [0.1, 0.15) is 17.3 Å². The molecular weight excluding hydrogens is 704 g/mol. The topological polar surface area (TPSA) is 127 Å². The Morgan fingerprint density at radius 2 is 1.38 bits per heavy atom. The quantitative estimate of drug-likeness (QED) is 0.107. The van der Waals surface area contributed by atoms with Crippen LogP contribution in [0.15, 0.2) is 132 Å². The Hall–Kier alpha value is -6.31. The SMILES string of the molecule is COc1ccc(-c2nc(N/C=C3/C(=O)N(c4cccc(S(=O)(=O)Nc5ccccc5F)c4)C(=O)c4ccccc43)sc2-c2ccc(OC)cc2)cc1. The monoisotopic (exact) mass is 732 g/mol. The number of para-hydroxylation sites is 1. The van der Waals surface area contributed by atoms with Crippen molar-refractivity contribution < 1.29 is 31.9 Å². The predicted molar refractivity (Wildman–Crippen MR) is 200 cm³/mol. The highest BCUT2D eigenvalue weighted by atomic mass is 32.2. The van der Waals surface area contributed by atoms with Gasteiger partial charge in [0.05, 0.1) is 46.6 Å². The minimum absolute atomic E-state index is 0.0182. The number of imide groups is 1. The molecule has 0 saturated carbocycles. The van der Waals surface area contributed by atoms with E-state index in [0.717, 1.165) is 27.0 Å². The Balaban J connectivity index is 1.25. The fourth-order valence-corrected chi connectivity index (χ4v) is 7.73. The number of amides is 2. The number of hydrogen-bond donors (Lipinski definition) is 2. The first kappa shape index (κ1) is 34.2. The van der Waals surface area contributed by atoms with Gasteiger partial charge in [0, 0.05) is 22.9 Å². The first-order chi connectivity index (χ1) is 25.2. The maximum Gasteiger partial charge on any atom is 0.267 e. The number of nitrogens with zero attached hydrogens (tertiary/aromatic N) is 2. The predicted octanol–water partition coefficient (Wildman–Crippen LogP) is 8.07. The second-order valence-corrected chi connectivity index (χ2v) is 14.1. The van der Waals surface area contributed by atoms with Gasteiger partial charge in [-0.25, -0.2) is 22.7 Å². The number of carbonyl (C=O) groups excluding carboxylic acids is 2. The summed E-state index contributed by atoms with van der Waals surface area (Å²) in [5.41, 5.74) is 3.02. The summed E-state index contributed by atoms with van der Waals surface area (Å²) in [5.74, 6) is -0.663. The Morgan fingerprint density at radius 1 is 0.750 bits per heavy atom. The highest BCUT2D eigenvalue weighted by Gasteiger charge is 2.36. The van der Waals surface area contributed by atoms with Crippen LogP contribution in [-0.2, 0) is 14.8 Å². The average molecular weight is 733 g/mol. The largest absolute Gasteiger partial charge is 0.497 e. The van der Waals surface area contributed by atoms with Gasteiger partial charge in [-0.05, 0) is 90.5 Å². The van der Waals surface area contributed by atoms with Crippen molar-refractivity contribution in [2.45, 2.75) is 4.90 Å². The highest BCUT2D eigenvalue weighted by molar-refractivity contribution is 7.92. The number of rotatable bonds is 10. The Kier molecular flexibility index (Phi) is 9.28. The summed E-state index contributed by atoms with van der Waals surface area (Å²) in [6.45, 7) is 0. The van der Waals surface area contributed by atoms with Gasteiger partial charge in [0.15, 0.2) is 5.13 Å². The van der Waals surface area contributed by atoms with Crippen LogP contribution in [-0.4, -0.2) is 39.4 Å². The van der Waals surface area contributed by atoms with Crippen LogP contribution in [0, 0.1) is 5.82 Å². The van der Waals surface area contributed by atoms with E-state index in [1.165, 1.54) is 60.0 Å². The van der Waals surface area contributed by atoms with Gasteiger partial charge >= 0.3 is 0 Å². The van der Waals surface area contributed by atoms with Gasteiger partial charge < -0.3 is 14.8 Å². The molecule has 52 heavy (non-hydrogen) atoms. The molecule has 0 fully saturated rings. The highest BCUT2D eigenvalue weighted by Crippen LogP contribution is 2.41. The van der Waals surface area contributed by atoms with Gasteiger partial charge in [0.25, 0.3) is 21.8 Å². The van der Waals surface area contributed by atoms with Crippen LogP contribution in [0.2, 0.25) is 0 Å². The van der Waals surface area contributed by atoms with Crippen LogP contribution >= 0.6 is 11.3 Å². The normalized spacial score (nSPS) is 13.5. The number of thiazole rings is 1. The van der Waals surface area contributed by atoms with E-state index in [4.69, 9.17) is 14.5 Å². The number of carbonyl (C=O) groups is 2. The second-order valence-electron chi connectivity index (χ2n) is 11.4. The van der Waals surface area contributed by atoms with E-state index in [0.29, 0.717) is 27.9 Å². The molecule has 260 valence electrons. The molecule has 0 radical (unpaired) electrons. The molecule has 7 rings (SSSR count). The molecule has 5 aromatic carbocycles. The van der Waals surface area contributed by atoms with Crippen molar-refractivity contribution >= 4 is 55.3 Å². The van der Waals surface area contributed by atoms with Crippen LogP contribution < -0.4 is 24.4 Å². The molecule has 1 aliphatic rings. The molecule has 2 amide bonds. The van der Waals surface area contributed by atoms with E-state index in [1.54, 1.807) is 38.5 Å². The number of methoxy groups -OCH3 is 2. The number of hydrogen-bond acceptors (Lipinski definition) is 9. The van der Waals surface area contributed by atoms with E-state index in [-0.39, 0.29) is 27.4 Å². The zero-order chi connectivity index (χ0) is 36.4. The number of aromatic nitrogens is 1. The summed E-state index contributed by atoms with van der Waals surface area (Å²) in [4.78, 5) is 34.4. The molecule has 10 nitrogen and oxygen atoms in total. The van der Waals surface area contributed by atoms with Crippen molar-refractivity contribution in [3.8, 4) is 33.2 Å². The first-order valence-electron chi connectivity index (χ1n) is 15.8. The van der Waals surface area contributed by atoms with Crippen molar-refractivity contribution in [1.82, 2.24) is 4.98 Å². The van der Waals surface area contributed by atoms with E-state index < -0.39 is 27.7 Å². The van der Waals surface area contributed by atoms with E-state index in [9.17, 15) is 22.4 Å². The molecule has 13 heteroatoms.